The van der Waals surface area contributed by atoms with Crippen LogP contribution in [0.15, 0.2) is 11.8 Å². The zero-order valence-electron chi connectivity index (χ0n) is 10.6. The molecule has 16 heavy (non-hydrogen) atoms. The second-order valence-corrected chi connectivity index (χ2v) is 4.31. The van der Waals surface area contributed by atoms with Crippen LogP contribution in [-0.2, 0) is 9.47 Å². The van der Waals surface area contributed by atoms with E-state index < -0.39 is 0 Å². The predicted octanol–water partition coefficient (Wildman–Crippen LogP) is 2.48. The number of ether oxygens (including phenoxy) is 2. The molecule has 0 aromatic heterocycles. The van der Waals surface area contributed by atoms with Gasteiger partial charge < -0.3 is 14.8 Å². The fourth-order valence-corrected chi connectivity index (χ4v) is 2.01. The zero-order chi connectivity index (χ0) is 11.6. The maximum absolute atomic E-state index is 5.42. The number of hydrogen-bond acceptors (Lipinski definition) is 3. The molecular weight excluding hydrogens is 202 g/mol. The fourth-order valence-electron chi connectivity index (χ4n) is 2.01. The average molecular weight is 227 g/mol. The molecule has 1 heterocycles. The van der Waals surface area contributed by atoms with Crippen molar-refractivity contribution < 1.29 is 9.47 Å². The van der Waals surface area contributed by atoms with Gasteiger partial charge in [-0.05, 0) is 44.2 Å². The van der Waals surface area contributed by atoms with E-state index in [1.165, 1.54) is 18.4 Å². The van der Waals surface area contributed by atoms with Crippen LogP contribution in [0.1, 0.15) is 39.0 Å². The van der Waals surface area contributed by atoms with Crippen LogP contribution in [0, 0.1) is 0 Å². The first-order valence-electron chi connectivity index (χ1n) is 6.41. The van der Waals surface area contributed by atoms with E-state index in [9.17, 15) is 0 Å². The van der Waals surface area contributed by atoms with E-state index in [1.54, 1.807) is 7.11 Å². The lowest BCUT2D eigenvalue weighted by Crippen LogP contribution is -2.33. The quantitative estimate of drug-likeness (QED) is 0.646. The first-order valence-corrected chi connectivity index (χ1v) is 6.41. The largest absolute Gasteiger partial charge is 0.501 e. The van der Waals surface area contributed by atoms with Crippen molar-refractivity contribution in [2.45, 2.75) is 45.1 Å². The number of hydrogen-bond donors (Lipinski definition) is 1. The van der Waals surface area contributed by atoms with Crippen LogP contribution in [0.3, 0.4) is 0 Å². The third kappa shape index (κ3) is 4.99. The van der Waals surface area contributed by atoms with Crippen molar-refractivity contribution in [1.82, 2.24) is 5.32 Å². The van der Waals surface area contributed by atoms with Crippen LogP contribution >= 0.6 is 0 Å². The summed E-state index contributed by atoms with van der Waals surface area (Å²) in [6.45, 7) is 5.00. The standard InChI is InChI=1S/C13H25NO2/c1-3-8-14-13(7-5-9-15-2)12-6-4-10-16-11-12/h11,13-14H,3-10H2,1-2H3. The normalized spacial score (nSPS) is 17.8. The van der Waals surface area contributed by atoms with E-state index in [4.69, 9.17) is 9.47 Å². The third-order valence-electron chi connectivity index (χ3n) is 2.89. The Labute approximate surface area is 99.2 Å². The minimum atomic E-state index is 0.482. The predicted molar refractivity (Wildman–Crippen MR) is 66.5 cm³/mol. The van der Waals surface area contributed by atoms with Gasteiger partial charge in [-0.15, -0.1) is 0 Å². The minimum Gasteiger partial charge on any atom is -0.501 e. The lowest BCUT2D eigenvalue weighted by Gasteiger charge is -2.24. The van der Waals surface area contributed by atoms with Gasteiger partial charge in [-0.2, -0.15) is 0 Å². The molecule has 1 rings (SSSR count). The van der Waals surface area contributed by atoms with Crippen LogP contribution in [0.25, 0.3) is 0 Å². The van der Waals surface area contributed by atoms with Crippen LogP contribution < -0.4 is 5.32 Å². The Morgan fingerprint density at radius 3 is 3.06 bits per heavy atom. The highest BCUT2D eigenvalue weighted by atomic mass is 16.5. The van der Waals surface area contributed by atoms with Gasteiger partial charge in [-0.25, -0.2) is 0 Å². The van der Waals surface area contributed by atoms with Crippen LogP contribution in [0.4, 0.5) is 0 Å². The molecule has 0 fully saturated rings. The molecule has 0 amide bonds. The second kappa shape index (κ2) is 8.59. The Morgan fingerprint density at radius 1 is 1.56 bits per heavy atom. The number of rotatable bonds is 8. The Balaban J connectivity index is 2.38. The van der Waals surface area contributed by atoms with Gasteiger partial charge in [0, 0.05) is 19.8 Å². The molecular formula is C13H25NO2. The number of nitrogens with one attached hydrogen (secondary N) is 1. The number of methoxy groups -OCH3 is 1. The summed E-state index contributed by atoms with van der Waals surface area (Å²) in [7, 11) is 1.76. The summed E-state index contributed by atoms with van der Waals surface area (Å²) in [5.41, 5.74) is 1.43. The van der Waals surface area contributed by atoms with Gasteiger partial charge in [-0.3, -0.25) is 0 Å². The van der Waals surface area contributed by atoms with Gasteiger partial charge in [0.2, 0.25) is 0 Å². The topological polar surface area (TPSA) is 30.5 Å². The molecule has 3 nitrogen and oxygen atoms in total. The van der Waals surface area contributed by atoms with Crippen molar-refractivity contribution in [3.63, 3.8) is 0 Å². The molecule has 0 aliphatic carbocycles. The zero-order valence-corrected chi connectivity index (χ0v) is 10.6. The Bertz CT molecular complexity index is 204. The first kappa shape index (κ1) is 13.5. The van der Waals surface area contributed by atoms with Crippen molar-refractivity contribution in [3.05, 3.63) is 11.8 Å². The molecule has 3 heteroatoms. The van der Waals surface area contributed by atoms with Crippen LogP contribution in [0.2, 0.25) is 0 Å². The first-order chi connectivity index (χ1) is 7.88. The van der Waals surface area contributed by atoms with Crippen LogP contribution in [-0.4, -0.2) is 32.9 Å². The molecule has 0 saturated carbocycles. The molecule has 1 N–H and O–H groups in total. The van der Waals surface area contributed by atoms with Crippen LogP contribution in [0.5, 0.6) is 0 Å². The maximum Gasteiger partial charge on any atom is 0.0876 e. The van der Waals surface area contributed by atoms with E-state index in [-0.39, 0.29) is 0 Å². The van der Waals surface area contributed by atoms with Crippen molar-refractivity contribution >= 4 is 0 Å². The Hall–Kier alpha value is -0.540. The summed E-state index contributed by atoms with van der Waals surface area (Å²) in [5, 5.41) is 3.59. The minimum absolute atomic E-state index is 0.482. The fraction of sp³-hybridized carbons (Fsp3) is 0.846. The summed E-state index contributed by atoms with van der Waals surface area (Å²) >= 11 is 0. The highest BCUT2D eigenvalue weighted by Crippen LogP contribution is 2.19. The molecule has 0 spiro atoms. The van der Waals surface area contributed by atoms with E-state index in [0.717, 1.165) is 39.0 Å². The molecule has 0 saturated heterocycles. The SMILES string of the molecule is CCCNC(CCCOC)C1=COCCC1. The van der Waals surface area contributed by atoms with Gasteiger partial charge in [0.15, 0.2) is 0 Å². The molecule has 1 atom stereocenters. The summed E-state index contributed by atoms with van der Waals surface area (Å²) in [6, 6.07) is 0.482. The highest BCUT2D eigenvalue weighted by molar-refractivity contribution is 5.09. The van der Waals surface area contributed by atoms with E-state index in [2.05, 4.69) is 12.2 Å². The molecule has 1 unspecified atom stereocenters. The Kier molecular flexibility index (Phi) is 7.26. The van der Waals surface area contributed by atoms with E-state index in [1.807, 2.05) is 6.26 Å². The lowest BCUT2D eigenvalue weighted by molar-refractivity contribution is 0.187. The second-order valence-electron chi connectivity index (χ2n) is 4.31. The molecule has 94 valence electrons. The highest BCUT2D eigenvalue weighted by Gasteiger charge is 2.15. The summed E-state index contributed by atoms with van der Waals surface area (Å²) in [4.78, 5) is 0. The molecule has 0 bridgehead atoms. The molecule has 1 aliphatic heterocycles. The average Bonchev–Trinajstić information content (AvgIpc) is 2.35. The van der Waals surface area contributed by atoms with Gasteiger partial charge in [0.25, 0.3) is 0 Å². The van der Waals surface area contributed by atoms with E-state index in [0.29, 0.717) is 6.04 Å². The molecule has 0 aromatic rings. The molecule has 1 aliphatic rings. The smallest absolute Gasteiger partial charge is 0.0876 e. The van der Waals surface area contributed by atoms with E-state index >= 15 is 0 Å². The molecule has 0 radical (unpaired) electrons. The van der Waals surface area contributed by atoms with Gasteiger partial charge in [0.05, 0.1) is 12.9 Å². The van der Waals surface area contributed by atoms with Gasteiger partial charge >= 0.3 is 0 Å². The Morgan fingerprint density at radius 2 is 2.44 bits per heavy atom. The van der Waals surface area contributed by atoms with Crippen molar-refractivity contribution in [3.8, 4) is 0 Å². The summed E-state index contributed by atoms with van der Waals surface area (Å²) in [6.07, 6.45) is 7.71. The van der Waals surface area contributed by atoms with Crippen molar-refractivity contribution in [2.75, 3.05) is 26.9 Å². The summed E-state index contributed by atoms with van der Waals surface area (Å²) in [5.74, 6) is 0. The monoisotopic (exact) mass is 227 g/mol. The third-order valence-corrected chi connectivity index (χ3v) is 2.89. The summed E-state index contributed by atoms with van der Waals surface area (Å²) < 4.78 is 10.5. The van der Waals surface area contributed by atoms with Gasteiger partial charge in [-0.1, -0.05) is 6.92 Å². The lowest BCUT2D eigenvalue weighted by atomic mass is 9.98. The van der Waals surface area contributed by atoms with Gasteiger partial charge in [0.1, 0.15) is 0 Å². The van der Waals surface area contributed by atoms with Crippen molar-refractivity contribution in [1.29, 1.82) is 0 Å². The maximum atomic E-state index is 5.42. The van der Waals surface area contributed by atoms with Crippen molar-refractivity contribution in [2.24, 2.45) is 0 Å². The molecule has 0 aromatic carbocycles.